The predicted molar refractivity (Wildman–Crippen MR) is 97.3 cm³/mol. The molecule has 1 N–H and O–H groups in total. The van der Waals surface area contributed by atoms with E-state index in [9.17, 15) is 9.18 Å². The van der Waals surface area contributed by atoms with Crippen molar-refractivity contribution in [2.45, 2.75) is 46.2 Å². The first-order valence-corrected chi connectivity index (χ1v) is 8.38. The molecule has 0 saturated heterocycles. The average molecular weight is 363 g/mol. The number of ether oxygens (including phenoxy) is 2. The number of halogens is 1. The van der Waals surface area contributed by atoms with E-state index in [2.05, 4.69) is 10.4 Å². The zero-order valence-electron chi connectivity index (χ0n) is 16.3. The fraction of sp³-hybridized carbons (Fsp3) is 0.474. The summed E-state index contributed by atoms with van der Waals surface area (Å²) < 4.78 is 26.5. The van der Waals surface area contributed by atoms with Crippen molar-refractivity contribution in [3.05, 3.63) is 41.0 Å². The minimum atomic E-state index is -0.567. The molecular formula is C19H26FN3O3. The van der Waals surface area contributed by atoms with Crippen molar-refractivity contribution in [3.63, 3.8) is 0 Å². The number of benzene rings is 1. The summed E-state index contributed by atoms with van der Waals surface area (Å²) in [7, 11) is 2.92. The molecule has 1 aromatic heterocycles. The van der Waals surface area contributed by atoms with Gasteiger partial charge in [-0.05, 0) is 46.8 Å². The van der Waals surface area contributed by atoms with E-state index in [1.807, 2.05) is 27.7 Å². The highest BCUT2D eigenvalue weighted by molar-refractivity contribution is 5.92. The molecule has 2 rings (SSSR count). The molecule has 1 aromatic carbocycles. The number of methoxy groups -OCH3 is 2. The summed E-state index contributed by atoms with van der Waals surface area (Å²) in [5.41, 5.74) is 1.25. The lowest BCUT2D eigenvalue weighted by molar-refractivity contribution is 0.0932. The van der Waals surface area contributed by atoms with E-state index < -0.39 is 11.9 Å². The maximum Gasteiger partial charge on any atom is 0.272 e. The SMILES string of the molecule is COc1cc(F)c([C@@H](C)NC(=O)c2cc(C)n(C(C)(C)C)n2)cc1OC. The van der Waals surface area contributed by atoms with Crippen LogP contribution in [0.15, 0.2) is 18.2 Å². The van der Waals surface area contributed by atoms with Gasteiger partial charge in [-0.25, -0.2) is 4.39 Å². The molecule has 1 amide bonds. The molecule has 7 heteroatoms. The van der Waals surface area contributed by atoms with Gasteiger partial charge in [-0.2, -0.15) is 5.10 Å². The third-order valence-corrected chi connectivity index (χ3v) is 4.07. The Hall–Kier alpha value is -2.57. The third-order valence-electron chi connectivity index (χ3n) is 4.07. The van der Waals surface area contributed by atoms with E-state index in [4.69, 9.17) is 9.47 Å². The lowest BCUT2D eigenvalue weighted by Crippen LogP contribution is -2.29. The molecule has 0 bridgehead atoms. The van der Waals surface area contributed by atoms with E-state index in [-0.39, 0.29) is 11.4 Å². The Morgan fingerprint density at radius 2 is 1.77 bits per heavy atom. The lowest BCUT2D eigenvalue weighted by Gasteiger charge is -2.21. The van der Waals surface area contributed by atoms with Crippen LogP contribution in [-0.2, 0) is 5.54 Å². The topological polar surface area (TPSA) is 65.4 Å². The lowest BCUT2D eigenvalue weighted by atomic mass is 10.1. The summed E-state index contributed by atoms with van der Waals surface area (Å²) in [6.45, 7) is 9.63. The molecule has 0 saturated carbocycles. The zero-order chi connectivity index (χ0) is 19.6. The number of nitrogens with zero attached hydrogens (tertiary/aromatic N) is 2. The van der Waals surface area contributed by atoms with Crippen molar-refractivity contribution >= 4 is 5.91 Å². The molecule has 0 unspecified atom stereocenters. The number of hydrogen-bond acceptors (Lipinski definition) is 4. The molecule has 0 aliphatic carbocycles. The van der Waals surface area contributed by atoms with Crippen LogP contribution < -0.4 is 14.8 Å². The molecular weight excluding hydrogens is 337 g/mol. The molecule has 26 heavy (non-hydrogen) atoms. The summed E-state index contributed by atoms with van der Waals surface area (Å²) in [6.07, 6.45) is 0. The number of hydrogen-bond donors (Lipinski definition) is 1. The van der Waals surface area contributed by atoms with Gasteiger partial charge >= 0.3 is 0 Å². The number of aromatic nitrogens is 2. The van der Waals surface area contributed by atoms with Gasteiger partial charge in [0.05, 0.1) is 25.8 Å². The molecule has 0 aliphatic rings. The number of nitrogens with one attached hydrogen (secondary N) is 1. The largest absolute Gasteiger partial charge is 0.493 e. The van der Waals surface area contributed by atoms with Crippen LogP contribution in [0.3, 0.4) is 0 Å². The van der Waals surface area contributed by atoms with Gasteiger partial charge in [-0.15, -0.1) is 0 Å². The van der Waals surface area contributed by atoms with Crippen LogP contribution in [0.25, 0.3) is 0 Å². The van der Waals surface area contributed by atoms with Crippen molar-refractivity contribution in [2.24, 2.45) is 0 Å². The number of carbonyl (C=O) groups excluding carboxylic acids is 1. The first kappa shape index (κ1) is 19.8. The number of amides is 1. The van der Waals surface area contributed by atoms with Crippen LogP contribution in [0, 0.1) is 12.7 Å². The van der Waals surface area contributed by atoms with Crippen LogP contribution in [-0.4, -0.2) is 29.9 Å². The summed E-state index contributed by atoms with van der Waals surface area (Å²) in [5, 5.41) is 7.16. The number of carbonyl (C=O) groups is 1. The Morgan fingerprint density at radius 1 is 1.19 bits per heavy atom. The quantitative estimate of drug-likeness (QED) is 0.882. The minimum Gasteiger partial charge on any atom is -0.493 e. The molecule has 6 nitrogen and oxygen atoms in total. The Bertz CT molecular complexity index is 809. The third kappa shape index (κ3) is 3.98. The first-order valence-electron chi connectivity index (χ1n) is 8.38. The zero-order valence-corrected chi connectivity index (χ0v) is 16.3. The average Bonchev–Trinajstić information content (AvgIpc) is 2.96. The highest BCUT2D eigenvalue weighted by Crippen LogP contribution is 2.32. The van der Waals surface area contributed by atoms with Crippen LogP contribution in [0.2, 0.25) is 0 Å². The fourth-order valence-corrected chi connectivity index (χ4v) is 2.81. The first-order chi connectivity index (χ1) is 12.1. The summed E-state index contributed by atoms with van der Waals surface area (Å²) in [6, 6.07) is 3.92. The molecule has 1 heterocycles. The van der Waals surface area contributed by atoms with Crippen molar-refractivity contribution in [1.29, 1.82) is 0 Å². The van der Waals surface area contributed by atoms with E-state index in [1.54, 1.807) is 17.7 Å². The molecule has 1 atom stereocenters. The second-order valence-electron chi connectivity index (χ2n) is 7.18. The van der Waals surface area contributed by atoms with Crippen molar-refractivity contribution in [1.82, 2.24) is 15.1 Å². The Kier molecular flexibility index (Phi) is 5.59. The predicted octanol–water partition coefficient (Wildman–Crippen LogP) is 3.59. The molecule has 0 fully saturated rings. The fourth-order valence-electron chi connectivity index (χ4n) is 2.81. The maximum absolute atomic E-state index is 14.4. The van der Waals surface area contributed by atoms with Gasteiger partial charge in [-0.3, -0.25) is 9.48 Å². The minimum absolute atomic E-state index is 0.232. The second kappa shape index (κ2) is 7.35. The molecule has 0 aliphatic heterocycles. The van der Waals surface area contributed by atoms with Crippen molar-refractivity contribution < 1.29 is 18.7 Å². The van der Waals surface area contributed by atoms with Gasteiger partial charge < -0.3 is 14.8 Å². The highest BCUT2D eigenvalue weighted by atomic mass is 19.1. The Morgan fingerprint density at radius 3 is 2.27 bits per heavy atom. The van der Waals surface area contributed by atoms with Gasteiger partial charge in [0.15, 0.2) is 11.5 Å². The molecule has 2 aromatic rings. The summed E-state index contributed by atoms with van der Waals surface area (Å²) in [5.74, 6) is -0.144. The van der Waals surface area contributed by atoms with Gasteiger partial charge in [-0.1, -0.05) is 0 Å². The van der Waals surface area contributed by atoms with Crippen LogP contribution in [0.4, 0.5) is 4.39 Å². The highest BCUT2D eigenvalue weighted by Gasteiger charge is 2.23. The molecule has 142 valence electrons. The van der Waals surface area contributed by atoms with E-state index in [1.165, 1.54) is 26.4 Å². The van der Waals surface area contributed by atoms with Crippen molar-refractivity contribution in [3.8, 4) is 11.5 Å². The number of aryl methyl sites for hydroxylation is 1. The Labute approximate surface area is 153 Å². The van der Waals surface area contributed by atoms with Gasteiger partial charge in [0.2, 0.25) is 0 Å². The summed E-state index contributed by atoms with van der Waals surface area (Å²) >= 11 is 0. The monoisotopic (exact) mass is 363 g/mol. The second-order valence-corrected chi connectivity index (χ2v) is 7.18. The normalized spacial score (nSPS) is 12.6. The van der Waals surface area contributed by atoms with Crippen molar-refractivity contribution in [2.75, 3.05) is 14.2 Å². The molecule has 0 spiro atoms. The number of rotatable bonds is 5. The van der Waals surface area contributed by atoms with Gasteiger partial charge in [0.1, 0.15) is 11.5 Å². The van der Waals surface area contributed by atoms with Crippen LogP contribution >= 0.6 is 0 Å². The van der Waals surface area contributed by atoms with Gasteiger partial charge in [0, 0.05) is 17.3 Å². The standard InChI is InChI=1S/C19H26FN3O3/c1-11-8-15(22-23(11)19(3,4)5)18(24)21-12(2)13-9-16(25-6)17(26-7)10-14(13)20/h8-10,12H,1-7H3,(H,21,24)/t12-/m1/s1. The Balaban J connectivity index is 2.25. The smallest absolute Gasteiger partial charge is 0.272 e. The van der Waals surface area contributed by atoms with Crippen LogP contribution in [0.5, 0.6) is 11.5 Å². The molecule has 0 radical (unpaired) electrons. The maximum atomic E-state index is 14.4. The van der Waals surface area contributed by atoms with E-state index in [0.29, 0.717) is 22.8 Å². The van der Waals surface area contributed by atoms with E-state index in [0.717, 1.165) is 5.69 Å². The van der Waals surface area contributed by atoms with E-state index >= 15 is 0 Å². The van der Waals surface area contributed by atoms with Gasteiger partial charge in [0.25, 0.3) is 5.91 Å². The summed E-state index contributed by atoms with van der Waals surface area (Å²) in [4.78, 5) is 12.5. The van der Waals surface area contributed by atoms with Crippen LogP contribution in [0.1, 0.15) is 55.5 Å².